The maximum absolute atomic E-state index is 13.4. The molecular weight excluding hydrogens is 545 g/mol. The second-order valence-corrected chi connectivity index (χ2v) is 12.8. The third kappa shape index (κ3) is 7.74. The van der Waals surface area contributed by atoms with Gasteiger partial charge in [-0.2, -0.15) is 0 Å². The van der Waals surface area contributed by atoms with Gasteiger partial charge in [0.25, 0.3) is 0 Å². The number of aryl methyl sites for hydroxylation is 1. The Morgan fingerprint density at radius 3 is 2.44 bits per heavy atom. The third-order valence-corrected chi connectivity index (χ3v) is 7.62. The van der Waals surface area contributed by atoms with Crippen LogP contribution in [0.15, 0.2) is 42.7 Å². The van der Waals surface area contributed by atoms with Gasteiger partial charge in [-0.1, -0.05) is 31.5 Å². The van der Waals surface area contributed by atoms with E-state index in [2.05, 4.69) is 28.7 Å². The highest BCUT2D eigenvalue weighted by atomic mass is 35.5. The Morgan fingerprint density at radius 1 is 1.15 bits per heavy atom. The zero-order valence-corrected chi connectivity index (χ0v) is 25.4. The Labute approximate surface area is 246 Å². The number of ether oxygens (including phenoxy) is 2. The number of piperidine rings is 1. The molecule has 1 aliphatic heterocycles. The molecular formula is C32H39ClFN3O4. The van der Waals surface area contributed by atoms with Crippen LogP contribution in [0.2, 0.25) is 5.02 Å². The molecule has 0 aliphatic carbocycles. The Bertz CT molecular complexity index is 1380. The molecule has 1 saturated heterocycles. The number of carboxylic acids is 1. The van der Waals surface area contributed by atoms with Crippen LogP contribution in [0.1, 0.15) is 70.4 Å². The molecule has 220 valence electrons. The molecule has 1 N–H and O–H groups in total. The van der Waals surface area contributed by atoms with Crippen molar-refractivity contribution in [2.75, 3.05) is 24.6 Å². The summed E-state index contributed by atoms with van der Waals surface area (Å²) in [6.07, 6.45) is 4.75. The first-order valence-corrected chi connectivity index (χ1v) is 14.3. The molecule has 41 heavy (non-hydrogen) atoms. The van der Waals surface area contributed by atoms with Gasteiger partial charge in [-0.05, 0) is 75.8 Å². The molecule has 1 aromatic carbocycles. The minimum Gasteiger partial charge on any atom is -0.492 e. The number of hydrogen-bond acceptors (Lipinski definition) is 6. The van der Waals surface area contributed by atoms with Crippen LogP contribution in [0.5, 0.6) is 5.75 Å². The summed E-state index contributed by atoms with van der Waals surface area (Å²) in [6.45, 7) is 13.8. The smallest absolute Gasteiger partial charge is 0.337 e. The van der Waals surface area contributed by atoms with Gasteiger partial charge in [0.15, 0.2) is 6.10 Å². The van der Waals surface area contributed by atoms with Crippen molar-refractivity contribution in [3.05, 3.63) is 70.4 Å². The highest BCUT2D eigenvalue weighted by Crippen LogP contribution is 2.43. The van der Waals surface area contributed by atoms with Gasteiger partial charge < -0.3 is 19.5 Å². The van der Waals surface area contributed by atoms with E-state index in [1.807, 2.05) is 39.8 Å². The first-order valence-electron chi connectivity index (χ1n) is 13.9. The van der Waals surface area contributed by atoms with Gasteiger partial charge in [-0.15, -0.1) is 0 Å². The molecule has 7 nitrogen and oxygen atoms in total. The summed E-state index contributed by atoms with van der Waals surface area (Å²) in [6, 6.07) is 8.33. The summed E-state index contributed by atoms with van der Waals surface area (Å²) in [5, 5.41) is 10.4. The Balaban J connectivity index is 1.66. The minimum absolute atomic E-state index is 0.0886. The van der Waals surface area contributed by atoms with E-state index in [1.165, 1.54) is 6.07 Å². The van der Waals surface area contributed by atoms with Crippen LogP contribution in [0.25, 0.3) is 11.3 Å². The maximum Gasteiger partial charge on any atom is 0.337 e. The highest BCUT2D eigenvalue weighted by Gasteiger charge is 2.36. The quantitative estimate of drug-likeness (QED) is 0.280. The van der Waals surface area contributed by atoms with Crippen LogP contribution in [-0.4, -0.2) is 46.3 Å². The van der Waals surface area contributed by atoms with Gasteiger partial charge in [0, 0.05) is 42.5 Å². The van der Waals surface area contributed by atoms with Gasteiger partial charge in [-0.25, -0.2) is 9.18 Å². The monoisotopic (exact) mass is 583 g/mol. The second-order valence-electron chi connectivity index (χ2n) is 12.3. The summed E-state index contributed by atoms with van der Waals surface area (Å²) in [7, 11) is 0. The number of carboxylic acid groups (broad SMARTS) is 1. The SMILES string of the molecule is Cc1ncc(-c2ccc(OCCc3ccc(F)c(Cl)c3)cn2)c(N2CCC(C)(C)CC2)c1C(OC(C)(C)C)C(=O)O. The molecule has 9 heteroatoms. The minimum atomic E-state index is -1.19. The average molecular weight is 584 g/mol. The van der Waals surface area contributed by atoms with Crippen LogP contribution in [0.3, 0.4) is 0 Å². The van der Waals surface area contributed by atoms with Crippen LogP contribution in [0, 0.1) is 18.2 Å². The summed E-state index contributed by atoms with van der Waals surface area (Å²) in [5.41, 5.74) is 3.80. The fourth-order valence-corrected chi connectivity index (χ4v) is 5.18. The number of nitrogens with zero attached hydrogens (tertiary/aromatic N) is 3. The lowest BCUT2D eigenvalue weighted by molar-refractivity contribution is -0.160. The van der Waals surface area contributed by atoms with Crippen molar-refractivity contribution in [3.8, 4) is 17.0 Å². The van der Waals surface area contributed by atoms with Crippen molar-refractivity contribution in [3.63, 3.8) is 0 Å². The maximum atomic E-state index is 13.4. The van der Waals surface area contributed by atoms with Crippen molar-refractivity contribution < 1.29 is 23.8 Å². The molecule has 0 amide bonds. The molecule has 0 bridgehead atoms. The van der Waals surface area contributed by atoms with Gasteiger partial charge in [0.2, 0.25) is 0 Å². The van der Waals surface area contributed by atoms with Gasteiger partial charge in [0.1, 0.15) is 11.6 Å². The Morgan fingerprint density at radius 2 is 1.85 bits per heavy atom. The van der Waals surface area contributed by atoms with E-state index in [-0.39, 0.29) is 10.4 Å². The predicted molar refractivity (Wildman–Crippen MR) is 159 cm³/mol. The number of rotatable bonds is 9. The molecule has 0 radical (unpaired) electrons. The lowest BCUT2D eigenvalue weighted by Crippen LogP contribution is -2.39. The Kier molecular flexibility index (Phi) is 9.24. The van der Waals surface area contributed by atoms with Gasteiger partial charge in [0.05, 0.1) is 34.8 Å². The Hall–Kier alpha value is -3.23. The summed E-state index contributed by atoms with van der Waals surface area (Å²) in [5.74, 6) is -0.917. The standard InChI is InChI=1S/C32H39ClFN3O4/c1-20-27(29(30(38)39)41-31(2,3)4)28(37-14-12-32(5,6)13-15-37)23(19-35-20)26-10-8-22(18-36-26)40-16-11-21-7-9-25(34)24(33)17-21/h7-10,17-19,29H,11-16H2,1-6H3,(H,38,39). The van der Waals surface area contributed by atoms with E-state index >= 15 is 0 Å². The number of benzene rings is 1. The molecule has 1 fully saturated rings. The number of aromatic nitrogens is 2. The molecule has 0 saturated carbocycles. The average Bonchev–Trinajstić information content (AvgIpc) is 2.89. The lowest BCUT2D eigenvalue weighted by Gasteiger charge is -2.40. The largest absolute Gasteiger partial charge is 0.492 e. The molecule has 0 spiro atoms. The molecule has 3 heterocycles. The highest BCUT2D eigenvalue weighted by molar-refractivity contribution is 6.30. The topological polar surface area (TPSA) is 84.8 Å². The number of halogens is 2. The van der Waals surface area contributed by atoms with Crippen molar-refractivity contribution in [2.45, 2.75) is 72.5 Å². The van der Waals surface area contributed by atoms with Crippen molar-refractivity contribution >= 4 is 23.3 Å². The van der Waals surface area contributed by atoms with Crippen molar-refractivity contribution in [1.82, 2.24) is 9.97 Å². The van der Waals surface area contributed by atoms with Crippen LogP contribution < -0.4 is 9.64 Å². The molecule has 1 aliphatic rings. The fraction of sp³-hybridized carbons (Fsp3) is 0.469. The molecule has 4 rings (SSSR count). The summed E-state index contributed by atoms with van der Waals surface area (Å²) in [4.78, 5) is 24.1. The number of anilines is 1. The molecule has 1 atom stereocenters. The first-order chi connectivity index (χ1) is 19.2. The van der Waals surface area contributed by atoms with E-state index in [9.17, 15) is 14.3 Å². The van der Waals surface area contributed by atoms with Crippen LogP contribution in [-0.2, 0) is 16.0 Å². The van der Waals surface area contributed by atoms with Crippen LogP contribution >= 0.6 is 11.6 Å². The molecule has 1 unspecified atom stereocenters. The van der Waals surface area contributed by atoms with E-state index in [0.717, 1.165) is 42.7 Å². The molecule has 2 aromatic heterocycles. The number of pyridine rings is 2. The lowest BCUT2D eigenvalue weighted by atomic mass is 9.82. The number of hydrogen-bond donors (Lipinski definition) is 1. The zero-order valence-electron chi connectivity index (χ0n) is 24.6. The predicted octanol–water partition coefficient (Wildman–Crippen LogP) is 7.43. The molecule has 3 aromatic rings. The van der Waals surface area contributed by atoms with E-state index in [0.29, 0.717) is 35.7 Å². The number of carbonyl (C=O) groups is 1. The summed E-state index contributed by atoms with van der Waals surface area (Å²) >= 11 is 5.88. The zero-order chi connectivity index (χ0) is 29.9. The second kappa shape index (κ2) is 12.3. The van der Waals surface area contributed by atoms with Crippen molar-refractivity contribution in [1.29, 1.82) is 0 Å². The van der Waals surface area contributed by atoms with E-state index in [4.69, 9.17) is 21.1 Å². The third-order valence-electron chi connectivity index (χ3n) is 7.33. The summed E-state index contributed by atoms with van der Waals surface area (Å²) < 4.78 is 25.4. The van der Waals surface area contributed by atoms with Gasteiger partial charge in [-0.3, -0.25) is 9.97 Å². The normalized spacial score (nSPS) is 16.0. The fourth-order valence-electron chi connectivity index (χ4n) is 4.98. The number of aliphatic carboxylic acids is 1. The van der Waals surface area contributed by atoms with Gasteiger partial charge >= 0.3 is 5.97 Å². The van der Waals surface area contributed by atoms with E-state index < -0.39 is 23.5 Å². The van der Waals surface area contributed by atoms with Crippen LogP contribution in [0.4, 0.5) is 10.1 Å². The van der Waals surface area contributed by atoms with Crippen molar-refractivity contribution in [2.24, 2.45) is 5.41 Å². The first kappa shape index (κ1) is 30.7. The van der Waals surface area contributed by atoms with E-state index in [1.54, 1.807) is 24.5 Å².